The quantitative estimate of drug-likeness (QED) is 0.190. The van der Waals surface area contributed by atoms with Crippen molar-refractivity contribution in [2.45, 2.75) is 43.2 Å². The van der Waals surface area contributed by atoms with Crippen molar-refractivity contribution >= 4 is 23.2 Å². The van der Waals surface area contributed by atoms with Crippen molar-refractivity contribution in [2.24, 2.45) is 0 Å². The molecular formula is C25H19Cl2F7N6O5. The zero-order valence-electron chi connectivity index (χ0n) is 22.1. The molecule has 1 aliphatic rings. The molecule has 0 saturated carbocycles. The number of halogens is 9. The summed E-state index contributed by atoms with van der Waals surface area (Å²) in [6.07, 6.45) is -12.7. The Morgan fingerprint density at radius 1 is 1.07 bits per heavy atom. The first-order valence-corrected chi connectivity index (χ1v) is 13.4. The molecule has 0 spiro atoms. The van der Waals surface area contributed by atoms with Gasteiger partial charge in [0.1, 0.15) is 49.1 Å². The summed E-state index contributed by atoms with van der Waals surface area (Å²) in [5.41, 5.74) is -0.993. The molecular weight excluding hydrogens is 668 g/mol. The molecule has 5 atom stereocenters. The molecule has 5 rings (SSSR count). The minimum atomic E-state index is -5.13. The Kier molecular flexibility index (Phi) is 9.52. The van der Waals surface area contributed by atoms with E-state index in [1.165, 1.54) is 0 Å². The van der Waals surface area contributed by atoms with Crippen molar-refractivity contribution in [3.8, 4) is 22.7 Å². The van der Waals surface area contributed by atoms with Gasteiger partial charge >= 0.3 is 6.36 Å². The highest BCUT2D eigenvalue weighted by molar-refractivity contribution is 6.31. The fourth-order valence-electron chi connectivity index (χ4n) is 4.76. The molecule has 11 nitrogen and oxygen atoms in total. The standard InChI is InChI=1S/C25H19Cl2F7N6O5/c26-10-1-4-15(45-25(32,33)34)14(5-10)39-9-35-37-24(39)23-22(43-8-17(28)29)20(21(42)16(7-41)44-23)40-6-13(36-38-40)11-2-3-12(27)19(31)18(11)30/h1-6,9,16-17,20-23,41-42H,7-8H2/t16-,20+,21+,22-,23-/m1/s1. The number of hydrogen-bond acceptors (Lipinski definition) is 9. The van der Waals surface area contributed by atoms with Gasteiger partial charge in [-0.3, -0.25) is 4.57 Å². The van der Waals surface area contributed by atoms with Gasteiger partial charge in [-0.25, -0.2) is 22.2 Å². The molecule has 0 aliphatic carbocycles. The van der Waals surface area contributed by atoms with Gasteiger partial charge in [-0.05, 0) is 30.3 Å². The van der Waals surface area contributed by atoms with E-state index in [9.17, 15) is 40.9 Å². The van der Waals surface area contributed by atoms with E-state index in [1.807, 2.05) is 0 Å². The molecule has 2 aromatic heterocycles. The Bertz CT molecular complexity index is 1660. The van der Waals surface area contributed by atoms with Gasteiger partial charge in [-0.15, -0.1) is 28.5 Å². The number of nitrogens with zero attached hydrogens (tertiary/aromatic N) is 6. The lowest BCUT2D eigenvalue weighted by molar-refractivity contribution is -0.274. The zero-order valence-corrected chi connectivity index (χ0v) is 23.6. The Morgan fingerprint density at radius 2 is 1.82 bits per heavy atom. The molecule has 0 radical (unpaired) electrons. The summed E-state index contributed by atoms with van der Waals surface area (Å²) in [5.74, 6) is -3.83. The van der Waals surface area contributed by atoms with Crippen LogP contribution in [0.2, 0.25) is 10.0 Å². The average molecular weight is 687 g/mol. The third kappa shape index (κ3) is 6.85. The lowest BCUT2D eigenvalue weighted by Gasteiger charge is -2.43. The van der Waals surface area contributed by atoms with E-state index in [-0.39, 0.29) is 27.8 Å². The van der Waals surface area contributed by atoms with Gasteiger partial charge < -0.3 is 24.4 Å². The number of rotatable bonds is 9. The van der Waals surface area contributed by atoms with Crippen molar-refractivity contribution in [1.82, 2.24) is 29.8 Å². The second-order valence-electron chi connectivity index (χ2n) is 9.47. The Balaban J connectivity index is 1.61. The van der Waals surface area contributed by atoms with Crippen LogP contribution in [0.1, 0.15) is 18.0 Å². The Hall–Kier alpha value is -3.55. The van der Waals surface area contributed by atoms with Crippen LogP contribution in [-0.4, -0.2) is 84.3 Å². The van der Waals surface area contributed by atoms with E-state index >= 15 is 0 Å². The number of hydrogen-bond donors (Lipinski definition) is 2. The van der Waals surface area contributed by atoms with Crippen LogP contribution in [0.3, 0.4) is 0 Å². The summed E-state index contributed by atoms with van der Waals surface area (Å²) in [5, 5.41) is 35.9. The van der Waals surface area contributed by atoms with Crippen LogP contribution >= 0.6 is 23.2 Å². The number of aliphatic hydroxyl groups excluding tert-OH is 2. The summed E-state index contributed by atoms with van der Waals surface area (Å²) >= 11 is 11.6. The second kappa shape index (κ2) is 13.1. The molecule has 242 valence electrons. The molecule has 45 heavy (non-hydrogen) atoms. The van der Waals surface area contributed by atoms with E-state index in [0.717, 1.165) is 52.1 Å². The van der Waals surface area contributed by atoms with Gasteiger partial charge in [-0.1, -0.05) is 28.4 Å². The van der Waals surface area contributed by atoms with E-state index < -0.39 is 78.9 Å². The number of aliphatic hydroxyl groups is 2. The molecule has 3 heterocycles. The maximum atomic E-state index is 14.6. The third-order valence-electron chi connectivity index (χ3n) is 6.64. The van der Waals surface area contributed by atoms with Gasteiger partial charge in [0, 0.05) is 10.6 Å². The van der Waals surface area contributed by atoms with Crippen LogP contribution < -0.4 is 4.74 Å². The molecule has 2 aromatic carbocycles. The third-order valence-corrected chi connectivity index (χ3v) is 7.17. The molecule has 20 heteroatoms. The highest BCUT2D eigenvalue weighted by Gasteiger charge is 2.50. The summed E-state index contributed by atoms with van der Waals surface area (Å²) in [6.45, 7) is -2.09. The van der Waals surface area contributed by atoms with Crippen LogP contribution in [0.5, 0.6) is 5.75 Å². The lowest BCUT2D eigenvalue weighted by Crippen LogP contribution is -2.54. The Labute approximate surface area is 257 Å². The van der Waals surface area contributed by atoms with Crippen molar-refractivity contribution in [1.29, 1.82) is 0 Å². The van der Waals surface area contributed by atoms with Gasteiger partial charge in [0.15, 0.2) is 23.2 Å². The normalized spacial score (nSPS) is 22.3. The van der Waals surface area contributed by atoms with E-state index in [0.29, 0.717) is 0 Å². The molecule has 1 aliphatic heterocycles. The first kappa shape index (κ1) is 32.8. The van der Waals surface area contributed by atoms with Gasteiger partial charge in [0.25, 0.3) is 6.43 Å². The predicted octanol–water partition coefficient (Wildman–Crippen LogP) is 4.69. The molecule has 0 unspecified atom stereocenters. The highest BCUT2D eigenvalue weighted by atomic mass is 35.5. The zero-order chi connectivity index (χ0) is 32.6. The number of ether oxygens (including phenoxy) is 3. The van der Waals surface area contributed by atoms with Crippen molar-refractivity contribution < 1.29 is 55.2 Å². The smallest absolute Gasteiger partial charge is 0.404 e. The molecule has 0 bridgehead atoms. The molecule has 2 N–H and O–H groups in total. The van der Waals surface area contributed by atoms with Crippen LogP contribution in [0.15, 0.2) is 42.9 Å². The number of alkyl halides is 5. The first-order chi connectivity index (χ1) is 21.3. The molecule has 4 aromatic rings. The van der Waals surface area contributed by atoms with Gasteiger partial charge in [0.05, 0.1) is 23.5 Å². The molecule has 0 amide bonds. The van der Waals surface area contributed by atoms with Crippen molar-refractivity contribution in [3.05, 3.63) is 70.4 Å². The van der Waals surface area contributed by atoms with E-state index in [1.54, 1.807) is 0 Å². The minimum absolute atomic E-state index is 0.0308. The largest absolute Gasteiger partial charge is 0.573 e. The molecule has 1 fully saturated rings. The number of aromatic nitrogens is 6. The van der Waals surface area contributed by atoms with Crippen LogP contribution in [0, 0.1) is 11.6 Å². The monoisotopic (exact) mass is 686 g/mol. The Morgan fingerprint density at radius 3 is 2.51 bits per heavy atom. The van der Waals surface area contributed by atoms with E-state index in [2.05, 4.69) is 25.2 Å². The van der Waals surface area contributed by atoms with Crippen molar-refractivity contribution in [3.63, 3.8) is 0 Å². The summed E-state index contributed by atoms with van der Waals surface area (Å²) in [6, 6.07) is 3.74. The average Bonchev–Trinajstić information content (AvgIpc) is 3.65. The number of benzene rings is 2. The second-order valence-corrected chi connectivity index (χ2v) is 10.3. The van der Waals surface area contributed by atoms with Crippen LogP contribution in [-0.2, 0) is 9.47 Å². The lowest BCUT2D eigenvalue weighted by atomic mass is 9.91. The van der Waals surface area contributed by atoms with Gasteiger partial charge in [0.2, 0.25) is 0 Å². The van der Waals surface area contributed by atoms with E-state index in [4.69, 9.17) is 32.7 Å². The summed E-state index contributed by atoms with van der Waals surface area (Å²) in [7, 11) is 0. The maximum Gasteiger partial charge on any atom is 0.573 e. The van der Waals surface area contributed by atoms with Crippen molar-refractivity contribution in [2.75, 3.05) is 13.2 Å². The first-order valence-electron chi connectivity index (χ1n) is 12.6. The van der Waals surface area contributed by atoms with Gasteiger partial charge in [-0.2, -0.15) is 0 Å². The molecule has 1 saturated heterocycles. The predicted molar refractivity (Wildman–Crippen MR) is 139 cm³/mol. The minimum Gasteiger partial charge on any atom is -0.404 e. The SMILES string of the molecule is OC[C@H]1O[C@@H](c2nncn2-c2cc(Cl)ccc2OC(F)(F)F)[C@H](OCC(F)F)[C@@H](n2cc(-c3ccc(Cl)c(F)c3F)nn2)[C@H]1O. The topological polar surface area (TPSA) is 130 Å². The highest BCUT2D eigenvalue weighted by Crippen LogP contribution is 2.42. The van der Waals surface area contributed by atoms with Crippen LogP contribution in [0.4, 0.5) is 30.7 Å². The summed E-state index contributed by atoms with van der Waals surface area (Å²) < 4.78 is 112. The summed E-state index contributed by atoms with van der Waals surface area (Å²) in [4.78, 5) is 0. The fourth-order valence-corrected chi connectivity index (χ4v) is 5.07. The fraction of sp³-hybridized carbons (Fsp3) is 0.360. The van der Waals surface area contributed by atoms with Crippen LogP contribution in [0.25, 0.3) is 16.9 Å². The maximum absolute atomic E-state index is 14.6.